The molecule has 0 aliphatic carbocycles. The average Bonchev–Trinajstić information content (AvgIpc) is 2.65. The number of esters is 2. The zero-order chi connectivity index (χ0) is 21.0. The number of hydrogen-bond acceptors (Lipinski definition) is 4. The van der Waals surface area contributed by atoms with Gasteiger partial charge >= 0.3 is 11.9 Å². The van der Waals surface area contributed by atoms with Gasteiger partial charge in [-0.05, 0) is 38.0 Å². The fourth-order valence-electron chi connectivity index (χ4n) is 3.26. The number of hydrogen-bond donors (Lipinski definition) is 0. The quantitative estimate of drug-likeness (QED) is 0.206. The lowest BCUT2D eigenvalue weighted by atomic mass is 9.76. The van der Waals surface area contributed by atoms with E-state index in [4.69, 9.17) is 9.47 Å². The first kappa shape index (κ1) is 24.6. The average molecular weight is 459 g/mol. The Labute approximate surface area is 176 Å². The number of carbonyl (C=O) groups excluding carboxylic acids is 2. The minimum Gasteiger partial charge on any atom is -0.465 e. The maximum Gasteiger partial charge on any atom is 0.323 e. The first-order chi connectivity index (χ1) is 13.4. The van der Waals surface area contributed by atoms with E-state index in [2.05, 4.69) is 22.9 Å². The Hall–Kier alpha value is -1.43. The van der Waals surface area contributed by atoms with E-state index in [9.17, 15) is 14.0 Å². The molecule has 1 rings (SSSR count). The largest absolute Gasteiger partial charge is 0.465 e. The maximum absolute atomic E-state index is 14.5. The smallest absolute Gasteiger partial charge is 0.323 e. The SMILES string of the molecule is CCCCCCCCC(Cc1ccc(Br)cc1F)(C(=O)OCC)C(=O)OCC. The highest BCUT2D eigenvalue weighted by atomic mass is 79.9. The molecule has 0 saturated heterocycles. The molecule has 0 fully saturated rings. The molecule has 1 aromatic carbocycles. The Morgan fingerprint density at radius 3 is 2.07 bits per heavy atom. The summed E-state index contributed by atoms with van der Waals surface area (Å²) >= 11 is 3.23. The van der Waals surface area contributed by atoms with Crippen LogP contribution in [0.25, 0.3) is 0 Å². The molecular weight excluding hydrogens is 427 g/mol. The summed E-state index contributed by atoms with van der Waals surface area (Å²) in [6.45, 7) is 5.84. The second-order valence-corrected chi connectivity index (χ2v) is 7.87. The van der Waals surface area contributed by atoms with E-state index in [1.54, 1.807) is 26.0 Å². The molecule has 0 unspecified atom stereocenters. The summed E-state index contributed by atoms with van der Waals surface area (Å²) in [5, 5.41) is 0. The van der Waals surface area contributed by atoms with Crippen molar-refractivity contribution in [2.24, 2.45) is 5.41 Å². The van der Waals surface area contributed by atoms with Crippen LogP contribution in [-0.4, -0.2) is 25.2 Å². The van der Waals surface area contributed by atoms with Crippen LogP contribution in [0, 0.1) is 11.2 Å². The van der Waals surface area contributed by atoms with Crippen LogP contribution in [0.15, 0.2) is 22.7 Å². The molecule has 0 N–H and O–H groups in total. The van der Waals surface area contributed by atoms with Crippen LogP contribution < -0.4 is 0 Å². The van der Waals surface area contributed by atoms with Crippen LogP contribution in [0.5, 0.6) is 0 Å². The molecule has 0 aromatic heterocycles. The van der Waals surface area contributed by atoms with Gasteiger partial charge in [-0.15, -0.1) is 0 Å². The number of rotatable bonds is 13. The predicted octanol–water partition coefficient (Wildman–Crippen LogP) is 5.99. The van der Waals surface area contributed by atoms with E-state index in [1.165, 1.54) is 12.5 Å². The maximum atomic E-state index is 14.5. The van der Waals surface area contributed by atoms with Crippen LogP contribution >= 0.6 is 15.9 Å². The predicted molar refractivity (Wildman–Crippen MR) is 111 cm³/mol. The Balaban J connectivity index is 3.11. The number of ether oxygens (including phenoxy) is 2. The molecule has 0 aliphatic heterocycles. The van der Waals surface area contributed by atoms with E-state index in [1.807, 2.05) is 0 Å². The third-order valence-electron chi connectivity index (χ3n) is 4.80. The third-order valence-corrected chi connectivity index (χ3v) is 5.29. The van der Waals surface area contributed by atoms with Crippen molar-refractivity contribution in [1.29, 1.82) is 0 Å². The number of unbranched alkanes of at least 4 members (excludes halogenated alkanes) is 5. The second kappa shape index (κ2) is 12.9. The second-order valence-electron chi connectivity index (χ2n) is 6.95. The first-order valence-electron chi connectivity index (χ1n) is 10.2. The molecule has 6 heteroatoms. The van der Waals surface area contributed by atoms with Crippen LogP contribution in [0.2, 0.25) is 0 Å². The zero-order valence-corrected chi connectivity index (χ0v) is 18.8. The minimum atomic E-state index is -1.52. The van der Waals surface area contributed by atoms with Gasteiger partial charge in [-0.2, -0.15) is 0 Å². The number of halogens is 2. The van der Waals surface area contributed by atoms with Crippen molar-refractivity contribution in [3.63, 3.8) is 0 Å². The van der Waals surface area contributed by atoms with Crippen molar-refractivity contribution < 1.29 is 23.5 Å². The summed E-state index contributed by atoms with van der Waals surface area (Å²) in [6, 6.07) is 4.62. The molecule has 28 heavy (non-hydrogen) atoms. The number of carbonyl (C=O) groups is 2. The van der Waals surface area contributed by atoms with E-state index < -0.39 is 23.2 Å². The minimum absolute atomic E-state index is 0.0707. The molecule has 1 aromatic rings. The summed E-state index contributed by atoms with van der Waals surface area (Å²) in [4.78, 5) is 25.8. The first-order valence-corrected chi connectivity index (χ1v) is 11.0. The van der Waals surface area contributed by atoms with Gasteiger partial charge in [-0.1, -0.05) is 67.4 Å². The van der Waals surface area contributed by atoms with E-state index >= 15 is 0 Å². The van der Waals surface area contributed by atoms with Crippen molar-refractivity contribution in [1.82, 2.24) is 0 Å². The Morgan fingerprint density at radius 1 is 0.964 bits per heavy atom. The van der Waals surface area contributed by atoms with E-state index in [0.29, 0.717) is 16.5 Å². The molecule has 0 spiro atoms. The van der Waals surface area contributed by atoms with Gasteiger partial charge in [0.2, 0.25) is 0 Å². The van der Waals surface area contributed by atoms with Gasteiger partial charge in [0.1, 0.15) is 5.82 Å². The Kier molecular flexibility index (Phi) is 11.4. The van der Waals surface area contributed by atoms with Crippen LogP contribution in [0.3, 0.4) is 0 Å². The van der Waals surface area contributed by atoms with Crippen molar-refractivity contribution in [2.75, 3.05) is 13.2 Å². The molecular formula is C22H32BrFO4. The summed E-state index contributed by atoms with van der Waals surface area (Å²) in [5.41, 5.74) is -1.22. The molecule has 0 atom stereocenters. The molecule has 0 heterocycles. The summed E-state index contributed by atoms with van der Waals surface area (Å²) in [7, 11) is 0. The number of benzene rings is 1. The lowest BCUT2D eigenvalue weighted by Crippen LogP contribution is -2.44. The Morgan fingerprint density at radius 2 is 1.54 bits per heavy atom. The third kappa shape index (κ3) is 7.19. The van der Waals surface area contributed by atoms with Gasteiger partial charge in [0, 0.05) is 10.9 Å². The van der Waals surface area contributed by atoms with Gasteiger partial charge in [-0.3, -0.25) is 9.59 Å². The van der Waals surface area contributed by atoms with Crippen molar-refractivity contribution in [3.8, 4) is 0 Å². The summed E-state index contributed by atoms with van der Waals surface area (Å²) in [6.07, 6.45) is 6.29. The molecule has 4 nitrogen and oxygen atoms in total. The molecule has 0 saturated carbocycles. The monoisotopic (exact) mass is 458 g/mol. The van der Waals surface area contributed by atoms with E-state index in [-0.39, 0.29) is 26.1 Å². The van der Waals surface area contributed by atoms with Gasteiger partial charge in [0.15, 0.2) is 5.41 Å². The Bertz CT molecular complexity index is 615. The van der Waals surface area contributed by atoms with Gasteiger partial charge in [0.25, 0.3) is 0 Å². The highest BCUT2D eigenvalue weighted by Crippen LogP contribution is 2.35. The highest BCUT2D eigenvalue weighted by Gasteiger charge is 2.48. The van der Waals surface area contributed by atoms with Crippen molar-refractivity contribution in [2.45, 2.75) is 72.1 Å². The van der Waals surface area contributed by atoms with Crippen molar-refractivity contribution in [3.05, 3.63) is 34.1 Å². The lowest BCUT2D eigenvalue weighted by Gasteiger charge is -2.29. The topological polar surface area (TPSA) is 52.6 Å². The van der Waals surface area contributed by atoms with Crippen LogP contribution in [0.1, 0.15) is 71.3 Å². The summed E-state index contributed by atoms with van der Waals surface area (Å²) in [5.74, 6) is -1.73. The lowest BCUT2D eigenvalue weighted by molar-refractivity contribution is -0.173. The highest BCUT2D eigenvalue weighted by molar-refractivity contribution is 9.10. The molecule has 0 aliphatic rings. The molecule has 0 radical (unpaired) electrons. The van der Waals surface area contributed by atoms with Crippen molar-refractivity contribution >= 4 is 27.9 Å². The normalized spacial score (nSPS) is 11.3. The molecule has 0 bridgehead atoms. The van der Waals surface area contributed by atoms with Gasteiger partial charge in [-0.25, -0.2) is 4.39 Å². The van der Waals surface area contributed by atoms with Crippen LogP contribution in [-0.2, 0) is 25.5 Å². The van der Waals surface area contributed by atoms with Gasteiger partial charge in [0.05, 0.1) is 13.2 Å². The molecule has 0 amide bonds. The fourth-order valence-corrected chi connectivity index (χ4v) is 3.59. The zero-order valence-electron chi connectivity index (χ0n) is 17.2. The van der Waals surface area contributed by atoms with Gasteiger partial charge < -0.3 is 9.47 Å². The molecule has 158 valence electrons. The fraction of sp³-hybridized carbons (Fsp3) is 0.636. The van der Waals surface area contributed by atoms with Crippen LogP contribution in [0.4, 0.5) is 4.39 Å². The standard InChI is InChI=1S/C22H32BrFO4/c1-4-7-8-9-10-11-14-22(20(25)27-5-2,21(26)28-6-3)16-17-12-13-18(23)15-19(17)24/h12-13,15H,4-11,14,16H2,1-3H3. The summed E-state index contributed by atoms with van der Waals surface area (Å²) < 4.78 is 25.5. The van der Waals surface area contributed by atoms with E-state index in [0.717, 1.165) is 25.7 Å².